The molecular weight excluding hydrogens is 402 g/mol. The van der Waals surface area contributed by atoms with Crippen molar-refractivity contribution in [2.75, 3.05) is 23.7 Å². The van der Waals surface area contributed by atoms with E-state index in [2.05, 4.69) is 20.5 Å². The summed E-state index contributed by atoms with van der Waals surface area (Å²) >= 11 is 6.03. The lowest BCUT2D eigenvalue weighted by atomic mass is 9.95. The summed E-state index contributed by atoms with van der Waals surface area (Å²) in [4.78, 5) is 31.5. The second kappa shape index (κ2) is 9.70. The fourth-order valence-corrected chi connectivity index (χ4v) is 3.70. The molecule has 30 heavy (non-hydrogen) atoms. The number of benzene rings is 1. The molecule has 0 saturated carbocycles. The molecule has 0 bridgehead atoms. The summed E-state index contributed by atoms with van der Waals surface area (Å²) < 4.78 is 0. The Morgan fingerprint density at radius 2 is 2.00 bits per heavy atom. The Hall–Kier alpha value is -2.95. The standard InChI is InChI=1S/C22H24ClN5O2/c1-14-4-3-9-25-20(14)27-22(30)16-7-10-28(11-8-16)15(2)21(29)26-18-6-5-17(13-24)19(23)12-18/h3-6,9,12,15-16H,7-8,10-11H2,1-2H3,(H,26,29)(H,25,27,30)/t15-/m0/s1. The summed E-state index contributed by atoms with van der Waals surface area (Å²) in [5, 5.41) is 15.0. The van der Waals surface area contributed by atoms with Gasteiger partial charge in [-0.1, -0.05) is 17.7 Å². The minimum atomic E-state index is -0.346. The summed E-state index contributed by atoms with van der Waals surface area (Å²) in [5.41, 5.74) is 1.84. The van der Waals surface area contributed by atoms with Crippen LogP contribution in [0.1, 0.15) is 30.9 Å². The van der Waals surface area contributed by atoms with E-state index in [9.17, 15) is 9.59 Å². The average Bonchev–Trinajstić information content (AvgIpc) is 2.75. The zero-order chi connectivity index (χ0) is 21.7. The Labute approximate surface area is 181 Å². The number of carbonyl (C=O) groups is 2. The number of likely N-dealkylation sites (tertiary alicyclic amines) is 1. The molecule has 1 aliphatic rings. The van der Waals surface area contributed by atoms with Gasteiger partial charge in [-0.3, -0.25) is 14.5 Å². The van der Waals surface area contributed by atoms with Crippen LogP contribution in [-0.2, 0) is 9.59 Å². The molecule has 156 valence electrons. The number of hydrogen-bond acceptors (Lipinski definition) is 5. The molecule has 2 aromatic rings. The van der Waals surface area contributed by atoms with E-state index in [-0.39, 0.29) is 23.8 Å². The molecule has 2 heterocycles. The molecule has 2 amide bonds. The van der Waals surface area contributed by atoms with Gasteiger partial charge >= 0.3 is 0 Å². The predicted molar refractivity (Wildman–Crippen MR) is 116 cm³/mol. The first-order valence-corrected chi connectivity index (χ1v) is 10.2. The van der Waals surface area contributed by atoms with E-state index in [1.54, 1.807) is 24.4 Å². The molecule has 1 aromatic heterocycles. The van der Waals surface area contributed by atoms with Crippen molar-refractivity contribution >= 4 is 34.9 Å². The highest BCUT2D eigenvalue weighted by Gasteiger charge is 2.30. The fraction of sp³-hybridized carbons (Fsp3) is 0.364. The van der Waals surface area contributed by atoms with Crippen LogP contribution < -0.4 is 10.6 Å². The van der Waals surface area contributed by atoms with Crippen molar-refractivity contribution in [3.63, 3.8) is 0 Å². The Balaban J connectivity index is 1.52. The van der Waals surface area contributed by atoms with Crippen molar-refractivity contribution in [3.8, 4) is 6.07 Å². The Morgan fingerprint density at radius 1 is 1.27 bits per heavy atom. The fourth-order valence-electron chi connectivity index (χ4n) is 3.48. The van der Waals surface area contributed by atoms with Gasteiger partial charge in [0.25, 0.3) is 0 Å². The molecular formula is C22H24ClN5O2. The molecule has 0 unspecified atom stereocenters. The number of anilines is 2. The van der Waals surface area contributed by atoms with Gasteiger partial charge in [0.1, 0.15) is 11.9 Å². The van der Waals surface area contributed by atoms with Gasteiger partial charge in [0.05, 0.1) is 16.6 Å². The van der Waals surface area contributed by atoms with E-state index < -0.39 is 0 Å². The zero-order valence-corrected chi connectivity index (χ0v) is 17.7. The number of amides is 2. The third-order valence-electron chi connectivity index (χ3n) is 5.44. The largest absolute Gasteiger partial charge is 0.325 e. The van der Waals surface area contributed by atoms with Crippen molar-refractivity contribution in [1.82, 2.24) is 9.88 Å². The van der Waals surface area contributed by atoms with E-state index in [0.29, 0.717) is 48.0 Å². The van der Waals surface area contributed by atoms with Crippen LogP contribution in [0.15, 0.2) is 36.5 Å². The number of hydrogen-bond donors (Lipinski definition) is 2. The number of nitriles is 1. The predicted octanol–water partition coefficient (Wildman–Crippen LogP) is 3.59. The number of aromatic nitrogens is 1. The van der Waals surface area contributed by atoms with Gasteiger partial charge in [0.15, 0.2) is 0 Å². The first-order chi connectivity index (χ1) is 14.4. The lowest BCUT2D eigenvalue weighted by Gasteiger charge is -2.34. The summed E-state index contributed by atoms with van der Waals surface area (Å²) in [6.07, 6.45) is 3.02. The normalized spacial score (nSPS) is 15.8. The number of aryl methyl sites for hydroxylation is 1. The molecule has 0 spiro atoms. The number of pyridine rings is 1. The summed E-state index contributed by atoms with van der Waals surface area (Å²) in [7, 11) is 0. The van der Waals surface area contributed by atoms with Crippen LogP contribution in [0.3, 0.4) is 0 Å². The van der Waals surface area contributed by atoms with Crippen molar-refractivity contribution in [2.24, 2.45) is 5.92 Å². The molecule has 1 saturated heterocycles. The molecule has 0 radical (unpaired) electrons. The minimum Gasteiger partial charge on any atom is -0.325 e. The topological polar surface area (TPSA) is 98.1 Å². The van der Waals surface area contributed by atoms with E-state index >= 15 is 0 Å². The maximum atomic E-state index is 12.6. The molecule has 8 heteroatoms. The van der Waals surface area contributed by atoms with Gasteiger partial charge in [-0.05, 0) is 69.6 Å². The smallest absolute Gasteiger partial charge is 0.241 e. The van der Waals surface area contributed by atoms with Gasteiger partial charge in [-0.15, -0.1) is 0 Å². The average molecular weight is 426 g/mol. The van der Waals surface area contributed by atoms with Crippen LogP contribution in [0.5, 0.6) is 0 Å². The number of piperidine rings is 1. The summed E-state index contributed by atoms with van der Waals surface area (Å²) in [5.74, 6) is 0.317. The SMILES string of the molecule is Cc1cccnc1NC(=O)C1CCN([C@@H](C)C(=O)Nc2ccc(C#N)c(Cl)c2)CC1. The van der Waals surface area contributed by atoms with Gasteiger partial charge in [0, 0.05) is 17.8 Å². The maximum absolute atomic E-state index is 12.6. The van der Waals surface area contributed by atoms with Crippen molar-refractivity contribution in [3.05, 3.63) is 52.7 Å². The van der Waals surface area contributed by atoms with Crippen LogP contribution in [0.25, 0.3) is 0 Å². The number of nitrogens with one attached hydrogen (secondary N) is 2. The quantitative estimate of drug-likeness (QED) is 0.762. The second-order valence-corrected chi connectivity index (χ2v) is 7.85. The van der Waals surface area contributed by atoms with Crippen molar-refractivity contribution in [1.29, 1.82) is 5.26 Å². The molecule has 1 atom stereocenters. The minimum absolute atomic E-state index is 0.0271. The third-order valence-corrected chi connectivity index (χ3v) is 5.75. The maximum Gasteiger partial charge on any atom is 0.241 e. The van der Waals surface area contributed by atoms with Gasteiger partial charge in [-0.2, -0.15) is 5.26 Å². The monoisotopic (exact) mass is 425 g/mol. The Bertz CT molecular complexity index is 980. The van der Waals surface area contributed by atoms with E-state index in [1.165, 1.54) is 0 Å². The number of rotatable bonds is 5. The molecule has 3 rings (SSSR count). The van der Waals surface area contributed by atoms with Crippen molar-refractivity contribution < 1.29 is 9.59 Å². The van der Waals surface area contributed by atoms with Gasteiger partial charge < -0.3 is 10.6 Å². The summed E-state index contributed by atoms with van der Waals surface area (Å²) in [6, 6.07) is 10.2. The highest BCUT2D eigenvalue weighted by atomic mass is 35.5. The van der Waals surface area contributed by atoms with Crippen molar-refractivity contribution in [2.45, 2.75) is 32.7 Å². The van der Waals surface area contributed by atoms with E-state index in [4.69, 9.17) is 16.9 Å². The van der Waals surface area contributed by atoms with E-state index in [0.717, 1.165) is 5.56 Å². The molecule has 1 fully saturated rings. The summed E-state index contributed by atoms with van der Waals surface area (Å²) in [6.45, 7) is 5.06. The number of halogens is 1. The molecule has 0 aliphatic carbocycles. The van der Waals surface area contributed by atoms with Crippen LogP contribution in [0, 0.1) is 24.2 Å². The first-order valence-electron chi connectivity index (χ1n) is 9.86. The number of carbonyl (C=O) groups excluding carboxylic acids is 2. The molecule has 1 aliphatic heterocycles. The highest BCUT2D eigenvalue weighted by molar-refractivity contribution is 6.32. The third kappa shape index (κ3) is 5.15. The van der Waals surface area contributed by atoms with Crippen LogP contribution >= 0.6 is 11.6 Å². The molecule has 7 nitrogen and oxygen atoms in total. The van der Waals surface area contributed by atoms with E-state index in [1.807, 2.05) is 32.0 Å². The van der Waals surface area contributed by atoms with Gasteiger partial charge in [0.2, 0.25) is 11.8 Å². The van der Waals surface area contributed by atoms with Crippen LogP contribution in [0.4, 0.5) is 11.5 Å². The molecule has 1 aromatic carbocycles. The first kappa shape index (κ1) is 21.8. The zero-order valence-electron chi connectivity index (χ0n) is 17.0. The van der Waals surface area contributed by atoms with Crippen LogP contribution in [-0.4, -0.2) is 40.8 Å². The van der Waals surface area contributed by atoms with Crippen LogP contribution in [0.2, 0.25) is 5.02 Å². The lowest BCUT2D eigenvalue weighted by molar-refractivity contribution is -0.123. The lowest BCUT2D eigenvalue weighted by Crippen LogP contribution is -2.47. The molecule has 2 N–H and O–H groups in total. The Kier molecular flexibility index (Phi) is 7.03. The highest BCUT2D eigenvalue weighted by Crippen LogP contribution is 2.23. The second-order valence-electron chi connectivity index (χ2n) is 7.44. The Morgan fingerprint density at radius 3 is 2.63 bits per heavy atom. The number of nitrogens with zero attached hydrogens (tertiary/aromatic N) is 3. The van der Waals surface area contributed by atoms with Gasteiger partial charge in [-0.25, -0.2) is 4.98 Å².